The first kappa shape index (κ1) is 17.9. The van der Waals surface area contributed by atoms with Gasteiger partial charge in [0.1, 0.15) is 5.82 Å². The molecule has 0 saturated carbocycles. The lowest BCUT2D eigenvalue weighted by Crippen LogP contribution is -2.36. The lowest BCUT2D eigenvalue weighted by atomic mass is 9.96. The molecular formula is C21H20BrN3O2. The average molecular weight is 426 g/mol. The molecule has 1 unspecified atom stereocenters. The van der Waals surface area contributed by atoms with Crippen molar-refractivity contribution >= 4 is 38.4 Å². The van der Waals surface area contributed by atoms with Crippen molar-refractivity contribution in [1.29, 1.82) is 0 Å². The molecule has 1 aliphatic heterocycles. The molecule has 0 radical (unpaired) electrons. The Hall–Kier alpha value is -2.47. The molecule has 3 aromatic rings. The molecule has 138 valence electrons. The molecule has 2 aromatic carbocycles. The fraction of sp³-hybridized carbons (Fsp3) is 0.286. The van der Waals surface area contributed by atoms with Crippen LogP contribution in [0.25, 0.3) is 10.9 Å². The summed E-state index contributed by atoms with van der Waals surface area (Å²) >= 11 is 3.51. The summed E-state index contributed by atoms with van der Waals surface area (Å²) in [6, 6.07) is 13.3. The molecular weight excluding hydrogens is 406 g/mol. The smallest absolute Gasteiger partial charge is 0.261 e. The Morgan fingerprint density at radius 1 is 1.15 bits per heavy atom. The summed E-state index contributed by atoms with van der Waals surface area (Å²) in [5.74, 6) is 0.327. The normalized spacial score (nSPS) is 16.4. The van der Waals surface area contributed by atoms with Crippen molar-refractivity contribution in [3.63, 3.8) is 0 Å². The highest BCUT2D eigenvalue weighted by molar-refractivity contribution is 9.10. The largest absolute Gasteiger partial charge is 0.309 e. The van der Waals surface area contributed by atoms with Crippen molar-refractivity contribution in [3.8, 4) is 0 Å². The van der Waals surface area contributed by atoms with Crippen molar-refractivity contribution < 1.29 is 4.79 Å². The molecule has 5 nitrogen and oxygen atoms in total. The number of hydrogen-bond donors (Lipinski definition) is 0. The van der Waals surface area contributed by atoms with Crippen LogP contribution in [-0.2, 0) is 18.3 Å². The van der Waals surface area contributed by atoms with Crippen molar-refractivity contribution in [3.05, 3.63) is 68.7 Å². The van der Waals surface area contributed by atoms with Crippen LogP contribution in [0, 0.1) is 0 Å². The molecule has 1 aromatic heterocycles. The van der Waals surface area contributed by atoms with E-state index in [9.17, 15) is 9.59 Å². The molecule has 1 amide bonds. The van der Waals surface area contributed by atoms with Gasteiger partial charge in [0.2, 0.25) is 5.91 Å². The highest BCUT2D eigenvalue weighted by Crippen LogP contribution is 2.41. The number of carbonyl (C=O) groups excluding carboxylic acids is 1. The Labute approximate surface area is 165 Å². The van der Waals surface area contributed by atoms with E-state index in [4.69, 9.17) is 0 Å². The van der Waals surface area contributed by atoms with Crippen molar-refractivity contribution in [2.45, 2.75) is 32.2 Å². The van der Waals surface area contributed by atoms with E-state index >= 15 is 0 Å². The predicted molar refractivity (Wildman–Crippen MR) is 110 cm³/mol. The standard InChI is InChI=1S/C21H20BrN3O2/c1-12(2)25-18-9-8-13(22)10-15(18)16(21(25)27)11-19-23-17-7-5-4-6-14(17)20(26)24(19)3/h4-10,12,16H,11H2,1-3H3. The van der Waals surface area contributed by atoms with Crippen LogP contribution in [-0.4, -0.2) is 21.5 Å². The fourth-order valence-corrected chi connectivity index (χ4v) is 4.18. The van der Waals surface area contributed by atoms with Gasteiger partial charge in [-0.2, -0.15) is 0 Å². The fourth-order valence-electron chi connectivity index (χ4n) is 3.80. The highest BCUT2D eigenvalue weighted by atomic mass is 79.9. The second-order valence-corrected chi connectivity index (χ2v) is 8.09. The molecule has 1 atom stereocenters. The number of hydrogen-bond acceptors (Lipinski definition) is 3. The maximum Gasteiger partial charge on any atom is 0.261 e. The van der Waals surface area contributed by atoms with Crippen LogP contribution in [0.1, 0.15) is 31.2 Å². The Kier molecular flexibility index (Phi) is 4.38. The molecule has 6 heteroatoms. The number of carbonyl (C=O) groups is 1. The summed E-state index contributed by atoms with van der Waals surface area (Å²) in [6.45, 7) is 4.02. The lowest BCUT2D eigenvalue weighted by Gasteiger charge is -2.22. The Balaban J connectivity index is 1.83. The maximum atomic E-state index is 13.2. The topological polar surface area (TPSA) is 55.2 Å². The Bertz CT molecular complexity index is 1120. The average Bonchev–Trinajstić information content (AvgIpc) is 2.91. The van der Waals surface area contributed by atoms with E-state index in [1.807, 2.05) is 55.1 Å². The first-order valence-corrected chi connectivity index (χ1v) is 9.75. The third-order valence-electron chi connectivity index (χ3n) is 5.14. The number of nitrogens with zero attached hydrogens (tertiary/aromatic N) is 3. The number of fused-ring (bicyclic) bond motifs is 2. The minimum atomic E-state index is -0.348. The molecule has 0 saturated heterocycles. The summed E-state index contributed by atoms with van der Waals surface area (Å²) in [5, 5.41) is 0.591. The molecule has 0 N–H and O–H groups in total. The third kappa shape index (κ3) is 2.88. The van der Waals surface area contributed by atoms with Crippen LogP contribution >= 0.6 is 15.9 Å². The van der Waals surface area contributed by atoms with E-state index in [1.54, 1.807) is 17.7 Å². The van der Waals surface area contributed by atoms with Gasteiger partial charge in [0, 0.05) is 29.7 Å². The van der Waals surface area contributed by atoms with E-state index < -0.39 is 0 Å². The second-order valence-electron chi connectivity index (χ2n) is 7.17. The SMILES string of the molecule is CC(C)N1C(=O)C(Cc2nc3ccccc3c(=O)n2C)c2cc(Br)ccc21. The first-order valence-electron chi connectivity index (χ1n) is 8.95. The quantitative estimate of drug-likeness (QED) is 0.641. The molecule has 0 bridgehead atoms. The van der Waals surface area contributed by atoms with Gasteiger partial charge in [-0.05, 0) is 49.7 Å². The van der Waals surface area contributed by atoms with E-state index in [0.717, 1.165) is 15.7 Å². The number of anilines is 1. The van der Waals surface area contributed by atoms with E-state index in [2.05, 4.69) is 20.9 Å². The van der Waals surface area contributed by atoms with E-state index in [-0.39, 0.29) is 23.4 Å². The van der Waals surface area contributed by atoms with Gasteiger partial charge < -0.3 is 4.90 Å². The van der Waals surface area contributed by atoms with Crippen LogP contribution in [0.3, 0.4) is 0 Å². The summed E-state index contributed by atoms with van der Waals surface area (Å²) in [7, 11) is 1.72. The van der Waals surface area contributed by atoms with Crippen LogP contribution in [0.5, 0.6) is 0 Å². The van der Waals surface area contributed by atoms with Crippen LogP contribution < -0.4 is 10.5 Å². The second kappa shape index (κ2) is 6.60. The molecule has 4 rings (SSSR count). The predicted octanol–water partition coefficient (Wildman–Crippen LogP) is 3.78. The van der Waals surface area contributed by atoms with E-state index in [1.165, 1.54) is 0 Å². The molecule has 0 aliphatic carbocycles. The third-order valence-corrected chi connectivity index (χ3v) is 5.63. The zero-order chi connectivity index (χ0) is 19.3. The summed E-state index contributed by atoms with van der Waals surface area (Å²) in [6.07, 6.45) is 0.391. The Morgan fingerprint density at radius 3 is 2.63 bits per heavy atom. The monoisotopic (exact) mass is 425 g/mol. The number of rotatable bonds is 3. The number of para-hydroxylation sites is 1. The zero-order valence-electron chi connectivity index (χ0n) is 15.4. The van der Waals surface area contributed by atoms with Crippen LogP contribution in [0.4, 0.5) is 5.69 Å². The van der Waals surface area contributed by atoms with Crippen molar-refractivity contribution in [1.82, 2.24) is 9.55 Å². The molecule has 1 aliphatic rings. The number of amides is 1. The molecule has 0 spiro atoms. The minimum absolute atomic E-state index is 0.0560. The summed E-state index contributed by atoms with van der Waals surface area (Å²) in [4.78, 5) is 32.4. The Morgan fingerprint density at radius 2 is 1.89 bits per heavy atom. The van der Waals surface area contributed by atoms with Gasteiger partial charge in [-0.25, -0.2) is 4.98 Å². The van der Waals surface area contributed by atoms with E-state index in [0.29, 0.717) is 23.1 Å². The minimum Gasteiger partial charge on any atom is -0.309 e. The van der Waals surface area contributed by atoms with Gasteiger partial charge in [0.25, 0.3) is 5.56 Å². The first-order chi connectivity index (χ1) is 12.9. The van der Waals surface area contributed by atoms with Crippen molar-refractivity contribution in [2.24, 2.45) is 7.05 Å². The van der Waals surface area contributed by atoms with Gasteiger partial charge in [0.05, 0.1) is 16.8 Å². The van der Waals surface area contributed by atoms with Crippen LogP contribution in [0.2, 0.25) is 0 Å². The zero-order valence-corrected chi connectivity index (χ0v) is 17.0. The maximum absolute atomic E-state index is 13.2. The summed E-state index contributed by atoms with van der Waals surface area (Å²) in [5.41, 5.74) is 2.49. The van der Waals surface area contributed by atoms with Crippen molar-refractivity contribution in [2.75, 3.05) is 4.90 Å². The lowest BCUT2D eigenvalue weighted by molar-refractivity contribution is -0.119. The number of aromatic nitrogens is 2. The van der Waals surface area contributed by atoms with Crippen LogP contribution in [0.15, 0.2) is 51.7 Å². The number of benzene rings is 2. The molecule has 0 fully saturated rings. The van der Waals surface area contributed by atoms with Gasteiger partial charge in [-0.1, -0.05) is 28.1 Å². The summed E-state index contributed by atoms with van der Waals surface area (Å²) < 4.78 is 2.50. The van der Waals surface area contributed by atoms with Gasteiger partial charge in [-0.15, -0.1) is 0 Å². The van der Waals surface area contributed by atoms with Gasteiger partial charge in [0.15, 0.2) is 0 Å². The molecule has 27 heavy (non-hydrogen) atoms. The molecule has 2 heterocycles. The number of halogens is 1. The highest BCUT2D eigenvalue weighted by Gasteiger charge is 2.39. The van der Waals surface area contributed by atoms with Gasteiger partial charge >= 0.3 is 0 Å². The van der Waals surface area contributed by atoms with Gasteiger partial charge in [-0.3, -0.25) is 14.2 Å².